The molecule has 9 heteroatoms. The number of rotatable bonds is 14. The van der Waals surface area contributed by atoms with Gasteiger partial charge in [0.2, 0.25) is 11.8 Å². The number of nitrogens with two attached hydrogens (primary N) is 1. The van der Waals surface area contributed by atoms with E-state index in [1.165, 1.54) is 0 Å². The van der Waals surface area contributed by atoms with Crippen molar-refractivity contribution in [1.29, 1.82) is 0 Å². The molecule has 2 amide bonds. The van der Waals surface area contributed by atoms with Gasteiger partial charge in [0.15, 0.2) is 6.29 Å². The minimum Gasteiger partial charge on any atom is -0.397 e. The Labute approximate surface area is 253 Å². The van der Waals surface area contributed by atoms with Gasteiger partial charge in [0, 0.05) is 44.5 Å². The van der Waals surface area contributed by atoms with Gasteiger partial charge < -0.3 is 35.8 Å². The maximum atomic E-state index is 12.4. The largest absolute Gasteiger partial charge is 0.397 e. The lowest BCUT2D eigenvalue weighted by Crippen LogP contribution is -2.37. The first-order chi connectivity index (χ1) is 20.8. The number of amides is 2. The summed E-state index contributed by atoms with van der Waals surface area (Å²) in [5.41, 5.74) is 10.7. The summed E-state index contributed by atoms with van der Waals surface area (Å²) >= 11 is 0. The van der Waals surface area contributed by atoms with Gasteiger partial charge in [0.05, 0.1) is 30.2 Å². The quantitative estimate of drug-likeness (QED) is 0.157. The third kappa shape index (κ3) is 9.76. The van der Waals surface area contributed by atoms with E-state index in [1.54, 1.807) is 24.3 Å². The lowest BCUT2D eigenvalue weighted by atomic mass is 9.99. The number of para-hydroxylation sites is 2. The van der Waals surface area contributed by atoms with Crippen LogP contribution < -0.4 is 16.4 Å². The lowest BCUT2D eigenvalue weighted by molar-refractivity contribution is -0.252. The molecule has 0 spiro atoms. The Bertz CT molecular complexity index is 1350. The zero-order valence-corrected chi connectivity index (χ0v) is 24.7. The van der Waals surface area contributed by atoms with E-state index in [4.69, 9.17) is 15.2 Å². The van der Waals surface area contributed by atoms with Crippen LogP contribution in [0.4, 0.5) is 11.4 Å². The summed E-state index contributed by atoms with van der Waals surface area (Å²) < 4.78 is 12.8. The van der Waals surface area contributed by atoms with Crippen molar-refractivity contribution in [2.24, 2.45) is 0 Å². The van der Waals surface area contributed by atoms with Crippen molar-refractivity contribution in [3.63, 3.8) is 0 Å². The molecule has 9 nitrogen and oxygen atoms in total. The third-order valence-corrected chi connectivity index (χ3v) is 7.36. The van der Waals surface area contributed by atoms with Gasteiger partial charge in [-0.25, -0.2) is 0 Å². The van der Waals surface area contributed by atoms with E-state index in [0.29, 0.717) is 30.8 Å². The molecule has 4 rings (SSSR count). The molecule has 0 radical (unpaired) electrons. The predicted molar refractivity (Wildman–Crippen MR) is 168 cm³/mol. The molecule has 0 saturated carbocycles. The highest BCUT2D eigenvalue weighted by Crippen LogP contribution is 2.38. The Morgan fingerprint density at radius 3 is 2.35 bits per heavy atom. The Kier molecular flexibility index (Phi) is 11.9. The van der Waals surface area contributed by atoms with Crippen LogP contribution in [0.3, 0.4) is 0 Å². The van der Waals surface area contributed by atoms with Crippen molar-refractivity contribution in [1.82, 2.24) is 10.2 Å². The van der Waals surface area contributed by atoms with Gasteiger partial charge >= 0.3 is 0 Å². The van der Waals surface area contributed by atoms with Crippen LogP contribution in [0.25, 0.3) is 0 Å². The highest BCUT2D eigenvalue weighted by molar-refractivity contribution is 5.93. The topological polar surface area (TPSA) is 126 Å². The van der Waals surface area contributed by atoms with Gasteiger partial charge in [-0.05, 0) is 42.3 Å². The van der Waals surface area contributed by atoms with E-state index >= 15 is 0 Å². The average molecular weight is 587 g/mol. The summed E-state index contributed by atoms with van der Waals surface area (Å²) in [6.45, 7) is 5.72. The number of likely N-dealkylation sites (N-methyl/N-ethyl adjacent to an activating group) is 1. The van der Waals surface area contributed by atoms with Crippen LogP contribution in [0, 0.1) is 0 Å². The molecule has 0 aromatic heterocycles. The molecule has 3 aromatic carbocycles. The molecule has 1 saturated heterocycles. The summed E-state index contributed by atoms with van der Waals surface area (Å²) in [6.07, 6.45) is 2.77. The minimum atomic E-state index is -0.542. The van der Waals surface area contributed by atoms with Crippen molar-refractivity contribution in [2.75, 3.05) is 31.2 Å². The van der Waals surface area contributed by atoms with E-state index in [1.807, 2.05) is 61.7 Å². The van der Waals surface area contributed by atoms with Crippen LogP contribution in [0.2, 0.25) is 0 Å². The standard InChI is InChI=1S/C34H42N4O5/c1-3-19-38(2)22-28-20-31(26-15-13-25(23-39)14-16-26)43-34(42-28)27-17-11-24(12-18-27)21-36-32(40)9-6-10-33(41)37-30-8-5-4-7-29(30)35/h3-5,7-8,11-18,28,31,34,39H,1,6,9-10,19-23,35H2,2H3,(H,36,40)(H,37,41)/t28-,31+,34+/m0/s1. The van der Waals surface area contributed by atoms with Gasteiger partial charge in [0.25, 0.3) is 0 Å². The van der Waals surface area contributed by atoms with E-state index in [9.17, 15) is 14.7 Å². The van der Waals surface area contributed by atoms with Crippen LogP contribution in [0.1, 0.15) is 60.3 Å². The molecule has 0 bridgehead atoms. The summed E-state index contributed by atoms with van der Waals surface area (Å²) in [5, 5.41) is 15.1. The first-order valence-electron chi connectivity index (χ1n) is 14.6. The number of nitrogens with one attached hydrogen (secondary N) is 2. The SMILES string of the molecule is C=CCN(C)C[C@@H]1C[C@H](c2ccc(CO)cc2)O[C@H](c2ccc(CNC(=O)CCCC(=O)Nc3ccccc3N)cc2)O1. The van der Waals surface area contributed by atoms with Crippen molar-refractivity contribution < 1.29 is 24.2 Å². The van der Waals surface area contributed by atoms with E-state index in [2.05, 4.69) is 22.1 Å². The van der Waals surface area contributed by atoms with Gasteiger partial charge in [-0.1, -0.05) is 66.7 Å². The normalized spacial score (nSPS) is 18.3. The Morgan fingerprint density at radius 2 is 1.65 bits per heavy atom. The molecule has 228 valence electrons. The van der Waals surface area contributed by atoms with Crippen molar-refractivity contribution in [3.05, 3.63) is 108 Å². The fourth-order valence-electron chi connectivity index (χ4n) is 4.99. The molecule has 43 heavy (non-hydrogen) atoms. The number of ether oxygens (including phenoxy) is 2. The highest BCUT2D eigenvalue weighted by Gasteiger charge is 2.32. The van der Waals surface area contributed by atoms with Crippen LogP contribution in [0.5, 0.6) is 0 Å². The second-order valence-corrected chi connectivity index (χ2v) is 10.9. The zero-order chi connectivity index (χ0) is 30.6. The summed E-state index contributed by atoms with van der Waals surface area (Å²) in [6, 6.07) is 22.8. The Morgan fingerprint density at radius 1 is 0.977 bits per heavy atom. The van der Waals surface area contributed by atoms with Crippen LogP contribution in [-0.4, -0.2) is 48.1 Å². The number of carbonyl (C=O) groups excluding carboxylic acids is 2. The summed E-state index contributed by atoms with van der Waals surface area (Å²) in [5.74, 6) is -0.288. The van der Waals surface area contributed by atoms with Crippen LogP contribution >= 0.6 is 0 Å². The van der Waals surface area contributed by atoms with E-state index < -0.39 is 6.29 Å². The summed E-state index contributed by atoms with van der Waals surface area (Å²) in [4.78, 5) is 26.7. The zero-order valence-electron chi connectivity index (χ0n) is 24.7. The number of aliphatic hydroxyl groups is 1. The fraction of sp³-hybridized carbons (Fsp3) is 0.353. The average Bonchev–Trinajstić information content (AvgIpc) is 3.01. The maximum Gasteiger partial charge on any atom is 0.224 e. The predicted octanol–water partition coefficient (Wildman–Crippen LogP) is 4.85. The number of nitrogen functional groups attached to an aromatic ring is 1. The molecular weight excluding hydrogens is 544 g/mol. The highest BCUT2D eigenvalue weighted by atomic mass is 16.7. The number of hydrogen-bond donors (Lipinski definition) is 4. The van der Waals surface area contributed by atoms with E-state index in [0.717, 1.165) is 35.3 Å². The molecule has 0 aliphatic carbocycles. The minimum absolute atomic E-state index is 0.00115. The van der Waals surface area contributed by atoms with Crippen molar-refractivity contribution in [2.45, 2.75) is 57.3 Å². The molecule has 0 unspecified atom stereocenters. The van der Waals surface area contributed by atoms with Crippen LogP contribution in [0.15, 0.2) is 85.5 Å². The van der Waals surface area contributed by atoms with Crippen LogP contribution in [-0.2, 0) is 32.2 Å². The number of benzene rings is 3. The van der Waals surface area contributed by atoms with Gasteiger partial charge in [-0.3, -0.25) is 9.59 Å². The third-order valence-electron chi connectivity index (χ3n) is 7.36. The van der Waals surface area contributed by atoms with Crippen molar-refractivity contribution >= 4 is 23.2 Å². The molecule has 1 heterocycles. The van der Waals surface area contributed by atoms with Gasteiger partial charge in [-0.15, -0.1) is 6.58 Å². The number of carbonyl (C=O) groups is 2. The number of aliphatic hydroxyl groups excluding tert-OH is 1. The molecule has 3 atom stereocenters. The van der Waals surface area contributed by atoms with Gasteiger partial charge in [0.1, 0.15) is 0 Å². The summed E-state index contributed by atoms with van der Waals surface area (Å²) in [7, 11) is 2.04. The molecule has 3 aromatic rings. The molecule has 1 fully saturated rings. The number of nitrogens with zero attached hydrogens (tertiary/aromatic N) is 1. The molecular formula is C34H42N4O5. The smallest absolute Gasteiger partial charge is 0.224 e. The first kappa shape index (κ1) is 31.9. The lowest BCUT2D eigenvalue weighted by Gasteiger charge is -2.37. The Balaban J connectivity index is 1.28. The fourth-order valence-corrected chi connectivity index (χ4v) is 4.99. The molecule has 5 N–H and O–H groups in total. The Hall–Kier alpha value is -4.02. The first-order valence-corrected chi connectivity index (χ1v) is 14.6. The van der Waals surface area contributed by atoms with E-state index in [-0.39, 0.29) is 43.5 Å². The molecule has 1 aliphatic heterocycles. The van der Waals surface area contributed by atoms with Gasteiger partial charge in [-0.2, -0.15) is 0 Å². The number of hydrogen-bond acceptors (Lipinski definition) is 7. The van der Waals surface area contributed by atoms with Crippen molar-refractivity contribution in [3.8, 4) is 0 Å². The maximum absolute atomic E-state index is 12.4. The number of anilines is 2. The second kappa shape index (κ2) is 16.0. The molecule has 1 aliphatic rings. The monoisotopic (exact) mass is 586 g/mol. The second-order valence-electron chi connectivity index (χ2n) is 10.9.